The molecule has 0 atom stereocenters. The molecule has 0 aromatic carbocycles. The van der Waals surface area contributed by atoms with Crippen LogP contribution in [0.3, 0.4) is 0 Å². The van der Waals surface area contributed by atoms with Crippen LogP contribution in [0.4, 0.5) is 5.82 Å². The van der Waals surface area contributed by atoms with Gasteiger partial charge in [-0.1, -0.05) is 5.21 Å². The van der Waals surface area contributed by atoms with E-state index in [2.05, 4.69) is 35.9 Å². The Morgan fingerprint density at radius 1 is 1.50 bits per heavy atom. The molecule has 2 heterocycles. The second-order valence-electron chi connectivity index (χ2n) is 3.62. The summed E-state index contributed by atoms with van der Waals surface area (Å²) in [7, 11) is -2.68. The number of carboxylic acid groups (broad SMARTS) is 1. The summed E-state index contributed by atoms with van der Waals surface area (Å²) >= 11 is 2.96. The third-order valence-corrected chi connectivity index (χ3v) is 4.49. The first-order valence-corrected chi connectivity index (χ1v) is 7.37. The van der Waals surface area contributed by atoms with Gasteiger partial charge in [0.15, 0.2) is 10.4 Å². The maximum absolute atomic E-state index is 12.2. The molecule has 0 fully saturated rings. The molecule has 2 aromatic heterocycles. The Morgan fingerprint density at radius 2 is 2.20 bits per heavy atom. The van der Waals surface area contributed by atoms with Crippen LogP contribution in [-0.2, 0) is 17.1 Å². The van der Waals surface area contributed by atoms with Gasteiger partial charge in [-0.25, -0.2) is 14.5 Å². The van der Waals surface area contributed by atoms with E-state index in [0.717, 1.165) is 4.68 Å². The quantitative estimate of drug-likeness (QED) is 0.809. The fourth-order valence-electron chi connectivity index (χ4n) is 1.44. The molecule has 0 aliphatic heterocycles. The van der Waals surface area contributed by atoms with Crippen molar-refractivity contribution in [3.63, 3.8) is 0 Å². The molecule has 106 valence electrons. The molecule has 0 aliphatic carbocycles. The Labute approximate surface area is 121 Å². The van der Waals surface area contributed by atoms with Crippen molar-refractivity contribution < 1.29 is 18.3 Å². The van der Waals surface area contributed by atoms with Gasteiger partial charge in [-0.15, -0.1) is 5.10 Å². The van der Waals surface area contributed by atoms with Gasteiger partial charge < -0.3 is 5.11 Å². The molecule has 0 saturated heterocycles. The van der Waals surface area contributed by atoms with Crippen LogP contribution in [-0.4, -0.2) is 39.5 Å². The number of carbonyl (C=O) groups is 1. The molecule has 2 N–H and O–H groups in total. The zero-order chi connectivity index (χ0) is 14.9. The lowest BCUT2D eigenvalue weighted by atomic mass is 10.3. The van der Waals surface area contributed by atoms with Crippen molar-refractivity contribution in [2.45, 2.75) is 5.03 Å². The molecule has 0 spiro atoms. The lowest BCUT2D eigenvalue weighted by Crippen LogP contribution is -2.19. The Hall–Kier alpha value is -2.01. The number of hydrogen-bond acceptors (Lipinski definition) is 6. The van der Waals surface area contributed by atoms with Crippen LogP contribution in [0.2, 0.25) is 0 Å². The van der Waals surface area contributed by atoms with Crippen LogP contribution in [0.15, 0.2) is 28.0 Å². The van der Waals surface area contributed by atoms with Crippen LogP contribution in [0.5, 0.6) is 0 Å². The van der Waals surface area contributed by atoms with Gasteiger partial charge in [-0.3, -0.25) is 4.72 Å². The summed E-state index contributed by atoms with van der Waals surface area (Å²) in [5, 5.41) is 15.9. The minimum Gasteiger partial charge on any atom is -0.478 e. The number of aromatic carboxylic acids is 1. The fraction of sp³-hybridized carbons (Fsp3) is 0.111. The maximum atomic E-state index is 12.2. The van der Waals surface area contributed by atoms with E-state index >= 15 is 0 Å². The monoisotopic (exact) mass is 361 g/mol. The number of aryl methyl sites for hydroxylation is 1. The Morgan fingerprint density at radius 3 is 2.75 bits per heavy atom. The average molecular weight is 362 g/mol. The summed E-state index contributed by atoms with van der Waals surface area (Å²) in [6.45, 7) is 0. The number of anilines is 1. The molecule has 2 aromatic rings. The number of rotatable bonds is 4. The van der Waals surface area contributed by atoms with Gasteiger partial charge in [0.1, 0.15) is 5.56 Å². The Balaban J connectivity index is 2.47. The molecule has 0 radical (unpaired) electrons. The molecule has 0 unspecified atom stereocenters. The predicted molar refractivity (Wildman–Crippen MR) is 70.7 cm³/mol. The van der Waals surface area contributed by atoms with E-state index in [1.54, 1.807) is 0 Å². The van der Waals surface area contributed by atoms with E-state index in [-0.39, 0.29) is 21.0 Å². The van der Waals surface area contributed by atoms with Gasteiger partial charge in [0, 0.05) is 13.2 Å². The van der Waals surface area contributed by atoms with Gasteiger partial charge in [-0.2, -0.15) is 8.42 Å². The van der Waals surface area contributed by atoms with Crippen LogP contribution in [0.25, 0.3) is 0 Å². The molecular formula is C9H8BrN5O4S. The highest BCUT2D eigenvalue weighted by atomic mass is 79.9. The summed E-state index contributed by atoms with van der Waals surface area (Å²) < 4.78 is 27.6. The lowest BCUT2D eigenvalue weighted by Gasteiger charge is -2.09. The zero-order valence-corrected chi connectivity index (χ0v) is 12.4. The number of aromatic nitrogens is 4. The number of nitrogens with one attached hydrogen (secondary N) is 1. The molecular weight excluding hydrogens is 354 g/mol. The summed E-state index contributed by atoms with van der Waals surface area (Å²) in [6, 6.07) is 2.63. The first-order chi connectivity index (χ1) is 9.33. The van der Waals surface area contributed by atoms with Crippen molar-refractivity contribution in [1.82, 2.24) is 20.0 Å². The smallest absolute Gasteiger partial charge is 0.339 e. The average Bonchev–Trinajstić information content (AvgIpc) is 2.69. The van der Waals surface area contributed by atoms with E-state index in [9.17, 15) is 13.2 Å². The van der Waals surface area contributed by atoms with E-state index in [0.29, 0.717) is 0 Å². The van der Waals surface area contributed by atoms with Gasteiger partial charge >= 0.3 is 5.97 Å². The van der Waals surface area contributed by atoms with E-state index in [1.165, 1.54) is 25.4 Å². The molecule has 11 heteroatoms. The highest BCUT2D eigenvalue weighted by Gasteiger charge is 2.26. The number of carboxylic acids is 1. The number of sulfonamides is 1. The van der Waals surface area contributed by atoms with E-state index in [4.69, 9.17) is 5.11 Å². The van der Waals surface area contributed by atoms with Gasteiger partial charge in [0.25, 0.3) is 10.0 Å². The summed E-state index contributed by atoms with van der Waals surface area (Å²) in [4.78, 5) is 14.7. The second kappa shape index (κ2) is 5.17. The van der Waals surface area contributed by atoms with Gasteiger partial charge in [0.2, 0.25) is 5.03 Å². The topological polar surface area (TPSA) is 127 Å². The highest BCUT2D eigenvalue weighted by molar-refractivity contribution is 9.10. The standard InChI is InChI=1S/C9H8BrN5O4S/c1-15-8(6(10)12-14-15)20(18,19)13-7-5(9(16)17)3-2-4-11-7/h2-4H,1H3,(H,11,13)(H,16,17). The van der Waals surface area contributed by atoms with Crippen molar-refractivity contribution in [3.05, 3.63) is 28.5 Å². The summed E-state index contributed by atoms with van der Waals surface area (Å²) in [5.74, 6) is -1.58. The SMILES string of the molecule is Cn1nnc(Br)c1S(=O)(=O)Nc1ncccc1C(=O)O. The molecule has 0 aliphatic rings. The van der Waals surface area contributed by atoms with Crippen LogP contribution >= 0.6 is 15.9 Å². The largest absolute Gasteiger partial charge is 0.478 e. The van der Waals surface area contributed by atoms with E-state index < -0.39 is 16.0 Å². The van der Waals surface area contributed by atoms with Gasteiger partial charge in [-0.05, 0) is 28.1 Å². The second-order valence-corrected chi connectivity index (χ2v) is 5.97. The maximum Gasteiger partial charge on any atom is 0.339 e. The third kappa shape index (κ3) is 2.63. The molecule has 2 rings (SSSR count). The van der Waals surface area contributed by atoms with Crippen molar-refractivity contribution in [3.8, 4) is 0 Å². The number of hydrogen-bond donors (Lipinski definition) is 2. The zero-order valence-electron chi connectivity index (χ0n) is 9.98. The lowest BCUT2D eigenvalue weighted by molar-refractivity contribution is 0.0697. The number of nitrogens with zero attached hydrogens (tertiary/aromatic N) is 4. The van der Waals surface area contributed by atoms with Crippen LogP contribution in [0, 0.1) is 0 Å². The van der Waals surface area contributed by atoms with Crippen molar-refractivity contribution >= 4 is 37.7 Å². The van der Waals surface area contributed by atoms with Crippen LogP contribution in [0.1, 0.15) is 10.4 Å². The number of halogens is 1. The Kier molecular flexibility index (Phi) is 3.72. The van der Waals surface area contributed by atoms with Crippen LogP contribution < -0.4 is 4.72 Å². The molecule has 20 heavy (non-hydrogen) atoms. The van der Waals surface area contributed by atoms with Gasteiger partial charge in [0.05, 0.1) is 0 Å². The summed E-state index contributed by atoms with van der Waals surface area (Å²) in [6.07, 6.45) is 1.28. The van der Waals surface area contributed by atoms with E-state index in [1.807, 2.05) is 0 Å². The molecule has 9 nitrogen and oxygen atoms in total. The van der Waals surface area contributed by atoms with Crippen molar-refractivity contribution in [1.29, 1.82) is 0 Å². The first kappa shape index (κ1) is 14.4. The minimum atomic E-state index is -4.07. The molecule has 0 saturated carbocycles. The summed E-state index contributed by atoms with van der Waals surface area (Å²) in [5.41, 5.74) is -0.262. The Bertz CT molecular complexity index is 753. The highest BCUT2D eigenvalue weighted by Crippen LogP contribution is 2.22. The van der Waals surface area contributed by atoms with Crippen molar-refractivity contribution in [2.24, 2.45) is 7.05 Å². The number of pyridine rings is 1. The van der Waals surface area contributed by atoms with Crippen molar-refractivity contribution in [2.75, 3.05) is 4.72 Å². The third-order valence-electron chi connectivity index (χ3n) is 2.26. The normalized spacial score (nSPS) is 11.3. The molecule has 0 amide bonds. The minimum absolute atomic E-state index is 0.0142. The fourth-order valence-corrected chi connectivity index (χ4v) is 3.57. The predicted octanol–water partition coefficient (Wildman–Crippen LogP) is 0.472. The first-order valence-electron chi connectivity index (χ1n) is 5.09. The molecule has 0 bridgehead atoms.